The van der Waals surface area contributed by atoms with Crippen LogP contribution in [-0.2, 0) is 6.42 Å². The van der Waals surface area contributed by atoms with Crippen molar-refractivity contribution in [3.8, 4) is 0 Å². The summed E-state index contributed by atoms with van der Waals surface area (Å²) < 4.78 is 0. The Bertz CT molecular complexity index is 321. The fourth-order valence-electron chi connectivity index (χ4n) is 1.57. The van der Waals surface area contributed by atoms with Gasteiger partial charge < -0.3 is 10.0 Å². The van der Waals surface area contributed by atoms with Gasteiger partial charge in [-0.1, -0.05) is 12.1 Å². The van der Waals surface area contributed by atoms with Crippen molar-refractivity contribution in [3.63, 3.8) is 0 Å². The second kappa shape index (κ2) is 4.77. The third kappa shape index (κ3) is 2.12. The molecule has 0 atom stereocenters. The van der Waals surface area contributed by atoms with E-state index in [1.54, 1.807) is 6.07 Å². The Balaban J connectivity index is 3.20. The predicted octanol–water partition coefficient (Wildman–Crippen LogP) is 1.10. The summed E-state index contributed by atoms with van der Waals surface area (Å²) in [5, 5.41) is 8.88. The minimum Gasteiger partial charge on any atom is -0.396 e. The molecule has 1 N–H and O–H groups in total. The Kier molecular flexibility index (Phi) is 3.65. The molecule has 0 aliphatic heterocycles. The lowest BCUT2D eigenvalue weighted by atomic mass is 10.0. The van der Waals surface area contributed by atoms with Crippen molar-refractivity contribution < 1.29 is 9.90 Å². The summed E-state index contributed by atoms with van der Waals surface area (Å²) in [5.41, 5.74) is 2.57. The number of nitrogens with zero attached hydrogens (tertiary/aromatic N) is 1. The number of hydrogen-bond donors (Lipinski definition) is 1. The van der Waals surface area contributed by atoms with E-state index in [0.29, 0.717) is 12.0 Å². The minimum absolute atomic E-state index is 0.100. The van der Waals surface area contributed by atoms with Crippen LogP contribution >= 0.6 is 0 Å². The number of aldehydes is 1. The summed E-state index contributed by atoms with van der Waals surface area (Å²) in [5.74, 6) is 0. The van der Waals surface area contributed by atoms with Crippen molar-refractivity contribution in [2.45, 2.75) is 6.42 Å². The van der Waals surface area contributed by atoms with Crippen LogP contribution in [0.25, 0.3) is 0 Å². The summed E-state index contributed by atoms with van der Waals surface area (Å²) in [6.45, 7) is 0.100. The number of aliphatic hydroxyl groups excluding tert-OH is 1. The molecule has 0 saturated carbocycles. The van der Waals surface area contributed by atoms with Crippen LogP contribution in [0, 0.1) is 0 Å². The Morgan fingerprint density at radius 2 is 2.14 bits per heavy atom. The molecule has 0 spiro atoms. The first-order chi connectivity index (χ1) is 6.70. The lowest BCUT2D eigenvalue weighted by Crippen LogP contribution is -2.14. The third-order valence-corrected chi connectivity index (χ3v) is 2.11. The highest BCUT2D eigenvalue weighted by atomic mass is 16.2. The van der Waals surface area contributed by atoms with E-state index < -0.39 is 0 Å². The summed E-state index contributed by atoms with van der Waals surface area (Å²) in [6.07, 6.45) is 1.42. The zero-order valence-corrected chi connectivity index (χ0v) is 8.53. The van der Waals surface area contributed by atoms with Gasteiger partial charge in [-0.2, -0.15) is 0 Å². The maximum Gasteiger partial charge on any atom is 0.152 e. The van der Waals surface area contributed by atoms with Gasteiger partial charge in [0.1, 0.15) is 0 Å². The van der Waals surface area contributed by atoms with Gasteiger partial charge in [0.15, 0.2) is 6.29 Å². The molecule has 0 radical (unpaired) electrons. The quantitative estimate of drug-likeness (QED) is 0.728. The van der Waals surface area contributed by atoms with E-state index >= 15 is 0 Å². The third-order valence-electron chi connectivity index (χ3n) is 2.11. The molecule has 1 aromatic carbocycles. The molecule has 76 valence electrons. The second-order valence-electron chi connectivity index (χ2n) is 3.34. The van der Waals surface area contributed by atoms with E-state index in [-0.39, 0.29) is 6.61 Å². The number of hydrogen-bond acceptors (Lipinski definition) is 3. The lowest BCUT2D eigenvalue weighted by Gasteiger charge is -2.19. The van der Waals surface area contributed by atoms with Crippen molar-refractivity contribution >= 4 is 12.0 Å². The average molecular weight is 193 g/mol. The van der Waals surface area contributed by atoms with E-state index in [1.807, 2.05) is 31.1 Å². The summed E-state index contributed by atoms with van der Waals surface area (Å²) in [6, 6.07) is 5.55. The van der Waals surface area contributed by atoms with Gasteiger partial charge in [0, 0.05) is 26.3 Å². The molecule has 3 heteroatoms. The summed E-state index contributed by atoms with van der Waals surface area (Å²) >= 11 is 0. The standard InChI is InChI=1S/C11H15NO2/c1-12(2)11-9(6-7-13)4-3-5-10(11)8-14/h3-5,8,13H,6-7H2,1-2H3. The van der Waals surface area contributed by atoms with Gasteiger partial charge in [0.25, 0.3) is 0 Å². The van der Waals surface area contributed by atoms with Crippen molar-refractivity contribution in [3.05, 3.63) is 29.3 Å². The fourth-order valence-corrected chi connectivity index (χ4v) is 1.57. The number of anilines is 1. The Labute approximate surface area is 84.0 Å². The van der Waals surface area contributed by atoms with E-state index in [0.717, 1.165) is 17.5 Å². The van der Waals surface area contributed by atoms with E-state index in [4.69, 9.17) is 5.11 Å². The van der Waals surface area contributed by atoms with Gasteiger partial charge in [0.2, 0.25) is 0 Å². The van der Waals surface area contributed by atoms with Crippen LogP contribution in [0.15, 0.2) is 18.2 Å². The molecule has 0 saturated heterocycles. The van der Waals surface area contributed by atoms with Crippen LogP contribution in [-0.4, -0.2) is 32.1 Å². The molecule has 1 aromatic rings. The normalized spacial score (nSPS) is 9.93. The number of carbonyl (C=O) groups excluding carboxylic acids is 1. The van der Waals surface area contributed by atoms with E-state index in [2.05, 4.69) is 0 Å². The molecule has 0 heterocycles. The molecular weight excluding hydrogens is 178 g/mol. The minimum atomic E-state index is 0.100. The smallest absolute Gasteiger partial charge is 0.152 e. The van der Waals surface area contributed by atoms with Crippen molar-refractivity contribution in [1.29, 1.82) is 0 Å². The van der Waals surface area contributed by atoms with Crippen molar-refractivity contribution in [2.75, 3.05) is 25.6 Å². The maximum atomic E-state index is 10.8. The highest BCUT2D eigenvalue weighted by Gasteiger charge is 2.08. The molecule has 0 bridgehead atoms. The van der Waals surface area contributed by atoms with Gasteiger partial charge in [-0.3, -0.25) is 4.79 Å². The zero-order valence-electron chi connectivity index (χ0n) is 8.53. The highest BCUT2D eigenvalue weighted by molar-refractivity contribution is 5.85. The Hall–Kier alpha value is -1.35. The van der Waals surface area contributed by atoms with Crippen molar-refractivity contribution in [2.24, 2.45) is 0 Å². The number of rotatable bonds is 4. The van der Waals surface area contributed by atoms with Crippen LogP contribution in [0.5, 0.6) is 0 Å². The highest BCUT2D eigenvalue weighted by Crippen LogP contribution is 2.22. The largest absolute Gasteiger partial charge is 0.396 e. The first-order valence-electron chi connectivity index (χ1n) is 4.56. The van der Waals surface area contributed by atoms with Gasteiger partial charge in [0.05, 0.1) is 5.69 Å². The van der Waals surface area contributed by atoms with E-state index in [9.17, 15) is 4.79 Å². The molecule has 0 aliphatic carbocycles. The molecule has 0 unspecified atom stereocenters. The lowest BCUT2D eigenvalue weighted by molar-refractivity contribution is 0.112. The van der Waals surface area contributed by atoms with Gasteiger partial charge >= 0.3 is 0 Å². The van der Waals surface area contributed by atoms with Gasteiger partial charge in [-0.25, -0.2) is 0 Å². The molecule has 0 aliphatic rings. The number of carbonyl (C=O) groups is 1. The molecule has 14 heavy (non-hydrogen) atoms. The average Bonchev–Trinajstić information content (AvgIpc) is 2.17. The topological polar surface area (TPSA) is 40.5 Å². The Morgan fingerprint density at radius 1 is 1.43 bits per heavy atom. The molecule has 0 fully saturated rings. The van der Waals surface area contributed by atoms with Gasteiger partial charge in [-0.05, 0) is 18.1 Å². The fraction of sp³-hybridized carbons (Fsp3) is 0.364. The van der Waals surface area contributed by atoms with Gasteiger partial charge in [-0.15, -0.1) is 0 Å². The molecule has 1 rings (SSSR count). The predicted molar refractivity (Wildman–Crippen MR) is 56.9 cm³/mol. The first-order valence-corrected chi connectivity index (χ1v) is 4.56. The zero-order chi connectivity index (χ0) is 10.6. The number of aliphatic hydroxyl groups is 1. The van der Waals surface area contributed by atoms with Crippen LogP contribution in [0.4, 0.5) is 5.69 Å². The van der Waals surface area contributed by atoms with Crippen LogP contribution in [0.2, 0.25) is 0 Å². The molecule has 0 aromatic heterocycles. The van der Waals surface area contributed by atoms with Crippen LogP contribution < -0.4 is 4.90 Å². The Morgan fingerprint density at radius 3 is 2.64 bits per heavy atom. The van der Waals surface area contributed by atoms with E-state index in [1.165, 1.54) is 0 Å². The second-order valence-corrected chi connectivity index (χ2v) is 3.34. The number of benzene rings is 1. The van der Waals surface area contributed by atoms with Crippen molar-refractivity contribution in [1.82, 2.24) is 0 Å². The van der Waals surface area contributed by atoms with Crippen LogP contribution in [0.1, 0.15) is 15.9 Å². The SMILES string of the molecule is CN(C)c1c(C=O)cccc1CCO. The molecular formula is C11H15NO2. The molecule has 3 nitrogen and oxygen atoms in total. The molecule has 0 amide bonds. The first kappa shape index (κ1) is 10.7. The summed E-state index contributed by atoms with van der Waals surface area (Å²) in [4.78, 5) is 12.7. The monoisotopic (exact) mass is 193 g/mol. The maximum absolute atomic E-state index is 10.8. The summed E-state index contributed by atoms with van der Waals surface area (Å²) in [7, 11) is 3.78. The van der Waals surface area contributed by atoms with Crippen LogP contribution in [0.3, 0.4) is 0 Å². The number of para-hydroxylation sites is 1.